The SMILES string of the molecule is Cc1nnc(SCc2cccc(Cl)c2F)n1CCN. The lowest BCUT2D eigenvalue weighted by Gasteiger charge is -2.07. The van der Waals surface area contributed by atoms with Crippen LogP contribution in [0.3, 0.4) is 0 Å². The van der Waals surface area contributed by atoms with Crippen molar-refractivity contribution in [3.05, 3.63) is 40.4 Å². The summed E-state index contributed by atoms with van der Waals surface area (Å²) in [6, 6.07) is 4.98. The van der Waals surface area contributed by atoms with Crippen LogP contribution < -0.4 is 5.73 Å². The van der Waals surface area contributed by atoms with Gasteiger partial charge in [0.15, 0.2) is 5.16 Å². The Labute approximate surface area is 120 Å². The monoisotopic (exact) mass is 300 g/mol. The van der Waals surface area contributed by atoms with Gasteiger partial charge in [-0.05, 0) is 18.6 Å². The smallest absolute Gasteiger partial charge is 0.191 e. The number of rotatable bonds is 5. The molecule has 7 heteroatoms. The van der Waals surface area contributed by atoms with Gasteiger partial charge in [0.2, 0.25) is 0 Å². The van der Waals surface area contributed by atoms with E-state index in [-0.39, 0.29) is 10.8 Å². The van der Waals surface area contributed by atoms with E-state index < -0.39 is 0 Å². The molecular formula is C12H14ClFN4S. The van der Waals surface area contributed by atoms with Crippen molar-refractivity contribution in [3.8, 4) is 0 Å². The minimum atomic E-state index is -0.377. The Hall–Kier alpha value is -1.11. The summed E-state index contributed by atoms with van der Waals surface area (Å²) in [6.45, 7) is 3.03. The van der Waals surface area contributed by atoms with E-state index in [2.05, 4.69) is 10.2 Å². The topological polar surface area (TPSA) is 56.7 Å². The molecule has 1 heterocycles. The van der Waals surface area contributed by atoms with Crippen LogP contribution in [0.2, 0.25) is 5.02 Å². The lowest BCUT2D eigenvalue weighted by molar-refractivity contribution is 0.616. The molecule has 0 aliphatic carbocycles. The Balaban J connectivity index is 2.12. The molecular weight excluding hydrogens is 287 g/mol. The van der Waals surface area contributed by atoms with Crippen molar-refractivity contribution in [2.75, 3.05) is 6.54 Å². The number of hydrogen-bond acceptors (Lipinski definition) is 4. The van der Waals surface area contributed by atoms with Crippen molar-refractivity contribution in [3.63, 3.8) is 0 Å². The first-order valence-corrected chi connectivity index (χ1v) is 7.15. The van der Waals surface area contributed by atoms with E-state index in [0.29, 0.717) is 24.4 Å². The van der Waals surface area contributed by atoms with Gasteiger partial charge in [0.05, 0.1) is 5.02 Å². The van der Waals surface area contributed by atoms with Crippen molar-refractivity contribution in [1.82, 2.24) is 14.8 Å². The number of nitrogens with zero attached hydrogens (tertiary/aromatic N) is 3. The first kappa shape index (κ1) is 14.3. The summed E-state index contributed by atoms with van der Waals surface area (Å²) >= 11 is 7.17. The van der Waals surface area contributed by atoms with Crippen LogP contribution in [0.15, 0.2) is 23.4 Å². The molecule has 102 valence electrons. The lowest BCUT2D eigenvalue weighted by atomic mass is 10.2. The van der Waals surface area contributed by atoms with Crippen LogP contribution in [-0.4, -0.2) is 21.3 Å². The second-order valence-corrected chi connectivity index (χ2v) is 5.32. The molecule has 0 saturated heterocycles. The van der Waals surface area contributed by atoms with Gasteiger partial charge in [-0.15, -0.1) is 10.2 Å². The zero-order chi connectivity index (χ0) is 13.8. The highest BCUT2D eigenvalue weighted by Gasteiger charge is 2.11. The van der Waals surface area contributed by atoms with Crippen molar-refractivity contribution in [1.29, 1.82) is 0 Å². The molecule has 0 radical (unpaired) electrons. The first-order chi connectivity index (χ1) is 9.13. The van der Waals surface area contributed by atoms with Gasteiger partial charge >= 0.3 is 0 Å². The highest BCUT2D eigenvalue weighted by atomic mass is 35.5. The molecule has 0 unspecified atom stereocenters. The molecule has 0 saturated carbocycles. The van der Waals surface area contributed by atoms with Crippen LogP contribution in [0.1, 0.15) is 11.4 Å². The van der Waals surface area contributed by atoms with Crippen LogP contribution in [0.5, 0.6) is 0 Å². The van der Waals surface area contributed by atoms with Crippen LogP contribution in [0.25, 0.3) is 0 Å². The highest BCUT2D eigenvalue weighted by molar-refractivity contribution is 7.98. The van der Waals surface area contributed by atoms with Gasteiger partial charge in [-0.25, -0.2) is 4.39 Å². The molecule has 0 fully saturated rings. The predicted octanol–water partition coefficient (Wildman–Crippen LogP) is 2.63. The second kappa shape index (κ2) is 6.36. The number of aryl methyl sites for hydroxylation is 1. The van der Waals surface area contributed by atoms with Crippen LogP contribution in [0.4, 0.5) is 4.39 Å². The number of hydrogen-bond donors (Lipinski definition) is 1. The molecule has 2 N–H and O–H groups in total. The Kier molecular flexibility index (Phi) is 4.79. The van der Waals surface area contributed by atoms with E-state index in [0.717, 1.165) is 11.0 Å². The molecule has 0 amide bonds. The Morgan fingerprint density at radius 2 is 2.21 bits per heavy atom. The molecule has 0 atom stereocenters. The average Bonchev–Trinajstić information content (AvgIpc) is 2.74. The van der Waals surface area contributed by atoms with Crippen LogP contribution in [0, 0.1) is 12.7 Å². The van der Waals surface area contributed by atoms with Crippen LogP contribution >= 0.6 is 23.4 Å². The summed E-state index contributed by atoms with van der Waals surface area (Å²) in [5, 5.41) is 8.95. The van der Waals surface area contributed by atoms with Crippen molar-refractivity contribution in [2.24, 2.45) is 5.73 Å². The fraction of sp³-hybridized carbons (Fsp3) is 0.333. The Bertz CT molecular complexity index is 573. The largest absolute Gasteiger partial charge is 0.329 e. The van der Waals surface area contributed by atoms with Gasteiger partial charge in [0.25, 0.3) is 0 Å². The van der Waals surface area contributed by atoms with Gasteiger partial charge in [-0.2, -0.15) is 0 Å². The van der Waals surface area contributed by atoms with E-state index in [9.17, 15) is 4.39 Å². The molecule has 0 aliphatic heterocycles. The normalized spacial score (nSPS) is 10.9. The number of halogens is 2. The zero-order valence-corrected chi connectivity index (χ0v) is 12.0. The Morgan fingerprint density at radius 1 is 1.42 bits per heavy atom. The molecule has 0 aliphatic rings. The summed E-state index contributed by atoms with van der Waals surface area (Å²) in [6.07, 6.45) is 0. The second-order valence-electron chi connectivity index (χ2n) is 3.97. The Morgan fingerprint density at radius 3 is 2.95 bits per heavy atom. The molecule has 1 aromatic heterocycles. The van der Waals surface area contributed by atoms with Gasteiger partial charge in [-0.1, -0.05) is 35.5 Å². The van der Waals surface area contributed by atoms with Crippen molar-refractivity contribution >= 4 is 23.4 Å². The third kappa shape index (κ3) is 3.26. The molecule has 2 rings (SSSR count). The van der Waals surface area contributed by atoms with Crippen molar-refractivity contribution in [2.45, 2.75) is 24.4 Å². The quantitative estimate of drug-likeness (QED) is 0.863. The summed E-state index contributed by atoms with van der Waals surface area (Å²) in [7, 11) is 0. The average molecular weight is 301 g/mol. The maximum atomic E-state index is 13.8. The minimum Gasteiger partial charge on any atom is -0.329 e. The molecule has 0 bridgehead atoms. The van der Waals surface area contributed by atoms with E-state index in [1.165, 1.54) is 17.8 Å². The van der Waals surface area contributed by atoms with E-state index in [1.54, 1.807) is 12.1 Å². The maximum Gasteiger partial charge on any atom is 0.191 e. The number of benzene rings is 1. The molecule has 19 heavy (non-hydrogen) atoms. The summed E-state index contributed by atoms with van der Waals surface area (Å²) in [5.74, 6) is 0.882. The zero-order valence-electron chi connectivity index (χ0n) is 10.4. The molecule has 1 aromatic carbocycles. The third-order valence-corrected chi connectivity index (χ3v) is 3.95. The summed E-state index contributed by atoms with van der Waals surface area (Å²) < 4.78 is 15.7. The maximum absolute atomic E-state index is 13.8. The van der Waals surface area contributed by atoms with E-state index in [4.69, 9.17) is 17.3 Å². The fourth-order valence-electron chi connectivity index (χ4n) is 1.66. The number of aromatic nitrogens is 3. The molecule has 4 nitrogen and oxygen atoms in total. The van der Waals surface area contributed by atoms with Crippen molar-refractivity contribution < 1.29 is 4.39 Å². The predicted molar refractivity (Wildman–Crippen MR) is 74.8 cm³/mol. The van der Waals surface area contributed by atoms with E-state index in [1.807, 2.05) is 11.5 Å². The van der Waals surface area contributed by atoms with Crippen LogP contribution in [-0.2, 0) is 12.3 Å². The van der Waals surface area contributed by atoms with Gasteiger partial charge < -0.3 is 10.3 Å². The standard InChI is InChI=1S/C12H14ClFN4S/c1-8-16-17-12(18(8)6-5-15)19-7-9-3-2-4-10(13)11(9)14/h2-4H,5-7,15H2,1H3. The highest BCUT2D eigenvalue weighted by Crippen LogP contribution is 2.26. The third-order valence-electron chi connectivity index (χ3n) is 2.64. The van der Waals surface area contributed by atoms with Gasteiger partial charge in [0, 0.05) is 18.8 Å². The fourth-order valence-corrected chi connectivity index (χ4v) is 2.84. The minimum absolute atomic E-state index is 0.137. The number of thioether (sulfide) groups is 1. The van der Waals surface area contributed by atoms with Gasteiger partial charge in [0.1, 0.15) is 11.6 Å². The van der Waals surface area contributed by atoms with Gasteiger partial charge in [-0.3, -0.25) is 0 Å². The number of nitrogens with two attached hydrogens (primary N) is 1. The molecule has 0 spiro atoms. The summed E-state index contributed by atoms with van der Waals surface area (Å²) in [5.41, 5.74) is 6.10. The summed E-state index contributed by atoms with van der Waals surface area (Å²) in [4.78, 5) is 0. The molecule has 2 aromatic rings. The van der Waals surface area contributed by atoms with E-state index >= 15 is 0 Å². The first-order valence-electron chi connectivity index (χ1n) is 5.79. The lowest BCUT2D eigenvalue weighted by Crippen LogP contribution is -2.12.